The molecule has 1 unspecified atom stereocenters. The topological polar surface area (TPSA) is 73.1 Å². The van der Waals surface area contributed by atoms with Crippen molar-refractivity contribution in [3.8, 4) is 0 Å². The maximum Gasteiger partial charge on any atom is 0.134 e. The van der Waals surface area contributed by atoms with Gasteiger partial charge in [0.2, 0.25) is 0 Å². The van der Waals surface area contributed by atoms with Gasteiger partial charge in [0.25, 0.3) is 0 Å². The van der Waals surface area contributed by atoms with Crippen molar-refractivity contribution in [3.63, 3.8) is 0 Å². The number of anilines is 2. The van der Waals surface area contributed by atoms with Gasteiger partial charge in [0.15, 0.2) is 0 Å². The fraction of sp³-hybridized carbons (Fsp3) is 0.692. The molecule has 2 rings (SSSR count). The van der Waals surface area contributed by atoms with Crippen LogP contribution in [0.2, 0.25) is 0 Å². The number of aryl methyl sites for hydroxylation is 1. The summed E-state index contributed by atoms with van der Waals surface area (Å²) < 4.78 is 5.71. The molecule has 0 spiro atoms. The van der Waals surface area contributed by atoms with E-state index in [1.165, 1.54) is 0 Å². The van der Waals surface area contributed by atoms with Crippen LogP contribution in [0.1, 0.15) is 38.1 Å². The third-order valence-electron chi connectivity index (χ3n) is 3.33. The lowest BCUT2D eigenvalue weighted by atomic mass is 9.94. The molecule has 0 aromatic carbocycles. The van der Waals surface area contributed by atoms with Crippen molar-refractivity contribution in [2.45, 2.75) is 52.2 Å². The van der Waals surface area contributed by atoms with Crippen LogP contribution in [-0.4, -0.2) is 28.2 Å². The first kappa shape index (κ1) is 13.1. The van der Waals surface area contributed by atoms with E-state index >= 15 is 0 Å². The average molecular weight is 250 g/mol. The molecule has 1 aliphatic rings. The van der Waals surface area contributed by atoms with Crippen LogP contribution in [-0.2, 0) is 4.74 Å². The van der Waals surface area contributed by atoms with Gasteiger partial charge in [0, 0.05) is 18.2 Å². The minimum atomic E-state index is -0.0720. The van der Waals surface area contributed by atoms with E-state index in [0.29, 0.717) is 17.7 Å². The molecular formula is C13H22N4O. The summed E-state index contributed by atoms with van der Waals surface area (Å²) in [5.41, 5.74) is 6.71. The smallest absolute Gasteiger partial charge is 0.134 e. The summed E-state index contributed by atoms with van der Waals surface area (Å²) in [4.78, 5) is 8.59. The maximum atomic E-state index is 5.86. The van der Waals surface area contributed by atoms with Crippen molar-refractivity contribution in [3.05, 3.63) is 11.4 Å². The molecule has 0 radical (unpaired) electrons. The molecule has 1 aromatic heterocycles. The lowest BCUT2D eigenvalue weighted by molar-refractivity contribution is -0.0553. The molecule has 1 saturated heterocycles. The van der Waals surface area contributed by atoms with E-state index in [2.05, 4.69) is 29.1 Å². The van der Waals surface area contributed by atoms with Gasteiger partial charge in [0.1, 0.15) is 17.5 Å². The predicted octanol–water partition coefficient (Wildman–Crippen LogP) is 2.05. The lowest BCUT2D eigenvalue weighted by Gasteiger charge is -2.36. The highest BCUT2D eigenvalue weighted by Crippen LogP contribution is 2.27. The zero-order valence-electron chi connectivity index (χ0n) is 11.6. The lowest BCUT2D eigenvalue weighted by Crippen LogP contribution is -2.40. The Balaban J connectivity index is 2.14. The van der Waals surface area contributed by atoms with Crippen LogP contribution in [0.15, 0.2) is 0 Å². The Morgan fingerprint density at radius 2 is 2.06 bits per heavy atom. The number of nitrogens with two attached hydrogens (primary N) is 1. The fourth-order valence-electron chi connectivity index (χ4n) is 2.34. The average Bonchev–Trinajstić information content (AvgIpc) is 2.24. The fourth-order valence-corrected chi connectivity index (χ4v) is 2.34. The van der Waals surface area contributed by atoms with Gasteiger partial charge < -0.3 is 15.8 Å². The molecule has 1 aromatic rings. The molecule has 100 valence electrons. The Kier molecular flexibility index (Phi) is 3.43. The second-order valence-corrected chi connectivity index (χ2v) is 5.57. The summed E-state index contributed by atoms with van der Waals surface area (Å²) in [6.07, 6.45) is 1.96. The van der Waals surface area contributed by atoms with Gasteiger partial charge in [-0.25, -0.2) is 9.97 Å². The standard InChI is InChI=1S/C13H22N4O/c1-8-11(14)15-9(2)16-12(8)17-10-5-6-18-13(3,4)7-10/h10H,5-7H2,1-4H3,(H3,14,15,16,17). The molecule has 1 fully saturated rings. The Hall–Kier alpha value is -1.36. The van der Waals surface area contributed by atoms with E-state index < -0.39 is 0 Å². The third kappa shape index (κ3) is 2.90. The molecule has 5 nitrogen and oxygen atoms in total. The first-order valence-electron chi connectivity index (χ1n) is 6.38. The number of rotatable bonds is 2. The summed E-state index contributed by atoms with van der Waals surface area (Å²) in [6, 6.07) is 0.376. The molecule has 2 heterocycles. The minimum Gasteiger partial charge on any atom is -0.383 e. The highest BCUT2D eigenvalue weighted by atomic mass is 16.5. The van der Waals surface area contributed by atoms with Gasteiger partial charge in [0.05, 0.1) is 5.60 Å². The number of hydrogen-bond acceptors (Lipinski definition) is 5. The summed E-state index contributed by atoms with van der Waals surface area (Å²) in [5, 5.41) is 3.48. The largest absolute Gasteiger partial charge is 0.383 e. The quantitative estimate of drug-likeness (QED) is 0.840. The molecule has 0 saturated carbocycles. The number of nitrogen functional groups attached to an aromatic ring is 1. The molecule has 3 N–H and O–H groups in total. The van der Waals surface area contributed by atoms with E-state index in [9.17, 15) is 0 Å². The number of nitrogens with one attached hydrogen (secondary N) is 1. The SMILES string of the molecule is Cc1nc(N)c(C)c(NC2CCOC(C)(C)C2)n1. The van der Waals surface area contributed by atoms with Gasteiger partial charge in [-0.1, -0.05) is 0 Å². The second-order valence-electron chi connectivity index (χ2n) is 5.57. The monoisotopic (exact) mass is 250 g/mol. The van der Waals surface area contributed by atoms with Crippen LogP contribution in [0.25, 0.3) is 0 Å². The van der Waals surface area contributed by atoms with Crippen molar-refractivity contribution in [1.29, 1.82) is 0 Å². The number of nitrogens with zero attached hydrogens (tertiary/aromatic N) is 2. The highest BCUT2D eigenvalue weighted by molar-refractivity contribution is 5.55. The van der Waals surface area contributed by atoms with Crippen LogP contribution >= 0.6 is 0 Å². The van der Waals surface area contributed by atoms with E-state index in [-0.39, 0.29) is 5.60 Å². The van der Waals surface area contributed by atoms with E-state index in [1.54, 1.807) is 0 Å². The van der Waals surface area contributed by atoms with Gasteiger partial charge in [-0.15, -0.1) is 0 Å². The zero-order chi connectivity index (χ0) is 13.3. The van der Waals surface area contributed by atoms with Crippen LogP contribution in [0.4, 0.5) is 11.6 Å². The van der Waals surface area contributed by atoms with Crippen molar-refractivity contribution in [1.82, 2.24) is 9.97 Å². The molecule has 0 aliphatic carbocycles. The summed E-state index contributed by atoms with van der Waals surface area (Å²) >= 11 is 0. The van der Waals surface area contributed by atoms with E-state index in [0.717, 1.165) is 30.8 Å². The molecule has 1 aliphatic heterocycles. The van der Waals surface area contributed by atoms with Gasteiger partial charge >= 0.3 is 0 Å². The third-order valence-corrected chi connectivity index (χ3v) is 3.33. The summed E-state index contributed by atoms with van der Waals surface area (Å²) in [7, 11) is 0. The van der Waals surface area contributed by atoms with Gasteiger partial charge in [-0.05, 0) is 40.5 Å². The summed E-state index contributed by atoms with van der Waals surface area (Å²) in [5.74, 6) is 2.10. The van der Waals surface area contributed by atoms with Gasteiger partial charge in [-0.3, -0.25) is 0 Å². The number of ether oxygens (including phenoxy) is 1. The zero-order valence-corrected chi connectivity index (χ0v) is 11.6. The number of aromatic nitrogens is 2. The first-order chi connectivity index (χ1) is 8.37. The van der Waals surface area contributed by atoms with Crippen LogP contribution < -0.4 is 11.1 Å². The van der Waals surface area contributed by atoms with Crippen molar-refractivity contribution in [2.24, 2.45) is 0 Å². The van der Waals surface area contributed by atoms with Crippen LogP contribution in [0.3, 0.4) is 0 Å². The Morgan fingerprint density at radius 1 is 1.33 bits per heavy atom. The normalized spacial score (nSPS) is 22.8. The second kappa shape index (κ2) is 4.72. The molecule has 18 heavy (non-hydrogen) atoms. The molecule has 0 amide bonds. The van der Waals surface area contributed by atoms with Crippen molar-refractivity contribution >= 4 is 11.6 Å². The Morgan fingerprint density at radius 3 is 2.72 bits per heavy atom. The van der Waals surface area contributed by atoms with Gasteiger partial charge in [-0.2, -0.15) is 0 Å². The molecule has 5 heteroatoms. The van der Waals surface area contributed by atoms with E-state index in [4.69, 9.17) is 10.5 Å². The number of hydrogen-bond donors (Lipinski definition) is 2. The first-order valence-corrected chi connectivity index (χ1v) is 6.38. The summed E-state index contributed by atoms with van der Waals surface area (Å²) in [6.45, 7) is 8.82. The van der Waals surface area contributed by atoms with Crippen molar-refractivity contribution in [2.75, 3.05) is 17.7 Å². The van der Waals surface area contributed by atoms with Crippen LogP contribution in [0.5, 0.6) is 0 Å². The molecular weight excluding hydrogens is 228 g/mol. The van der Waals surface area contributed by atoms with E-state index in [1.807, 2.05) is 13.8 Å². The Bertz CT molecular complexity index is 445. The maximum absolute atomic E-state index is 5.86. The van der Waals surface area contributed by atoms with Crippen LogP contribution in [0, 0.1) is 13.8 Å². The Labute approximate surface area is 108 Å². The predicted molar refractivity (Wildman–Crippen MR) is 72.6 cm³/mol. The molecule has 1 atom stereocenters. The highest BCUT2D eigenvalue weighted by Gasteiger charge is 2.29. The molecule has 0 bridgehead atoms. The van der Waals surface area contributed by atoms with Crippen molar-refractivity contribution < 1.29 is 4.74 Å². The minimum absolute atomic E-state index is 0.0720.